The number of rotatable bonds is 6. The third-order valence-corrected chi connectivity index (χ3v) is 5.90. The van der Waals surface area contributed by atoms with Crippen molar-refractivity contribution in [1.82, 2.24) is 15.0 Å². The average Bonchev–Trinajstić information content (AvgIpc) is 3.33. The number of anilines is 2. The van der Waals surface area contributed by atoms with Crippen LogP contribution in [0.2, 0.25) is 0 Å². The number of nitrogens with one attached hydrogen (secondary N) is 2. The number of aryl methyl sites for hydroxylation is 2. The SMILES string of the molecule is CCc1ccc(NC(=O)CN2CCc3nc(NC(=O)c4cc(C)on4)sc3C2)cc1. The van der Waals surface area contributed by atoms with Crippen molar-refractivity contribution in [2.24, 2.45) is 0 Å². The highest BCUT2D eigenvalue weighted by atomic mass is 32.1. The van der Waals surface area contributed by atoms with Gasteiger partial charge in [0.05, 0.1) is 12.2 Å². The monoisotopic (exact) mass is 425 g/mol. The fourth-order valence-corrected chi connectivity index (χ4v) is 4.34. The number of fused-ring (bicyclic) bond motifs is 1. The van der Waals surface area contributed by atoms with Crippen molar-refractivity contribution in [3.63, 3.8) is 0 Å². The zero-order valence-corrected chi connectivity index (χ0v) is 17.7. The van der Waals surface area contributed by atoms with E-state index in [9.17, 15) is 9.59 Å². The molecular weight excluding hydrogens is 402 g/mol. The maximum atomic E-state index is 12.4. The molecule has 1 aromatic carbocycles. The van der Waals surface area contributed by atoms with Gasteiger partial charge in [0, 0.05) is 36.1 Å². The number of benzene rings is 1. The molecule has 0 bridgehead atoms. The molecular formula is C21H23N5O3S. The maximum Gasteiger partial charge on any atom is 0.279 e. The molecule has 156 valence electrons. The van der Waals surface area contributed by atoms with Gasteiger partial charge >= 0.3 is 0 Å². The standard InChI is InChI=1S/C21H23N5O3S/c1-3-14-4-6-15(7-5-14)22-19(27)12-26-9-8-16-18(11-26)30-21(23-16)24-20(28)17-10-13(2)29-25-17/h4-7,10H,3,8-9,11-12H2,1-2H3,(H,22,27)(H,23,24,28). The van der Waals surface area contributed by atoms with Gasteiger partial charge in [0.1, 0.15) is 5.76 Å². The van der Waals surface area contributed by atoms with Crippen molar-refractivity contribution in [3.8, 4) is 0 Å². The fourth-order valence-electron chi connectivity index (χ4n) is 3.30. The van der Waals surface area contributed by atoms with Crippen LogP contribution in [0.25, 0.3) is 0 Å². The molecule has 4 rings (SSSR count). The normalized spacial score (nSPS) is 13.7. The Morgan fingerprint density at radius 3 is 2.73 bits per heavy atom. The summed E-state index contributed by atoms with van der Waals surface area (Å²) in [5.74, 6) is 0.194. The molecule has 0 atom stereocenters. The van der Waals surface area contributed by atoms with Gasteiger partial charge < -0.3 is 9.84 Å². The summed E-state index contributed by atoms with van der Waals surface area (Å²) in [6, 6.07) is 9.49. The summed E-state index contributed by atoms with van der Waals surface area (Å²) in [6.45, 7) is 5.52. The van der Waals surface area contributed by atoms with Gasteiger partial charge in [-0.1, -0.05) is 24.2 Å². The Balaban J connectivity index is 1.33. The minimum absolute atomic E-state index is 0.0397. The number of nitrogens with zero attached hydrogens (tertiary/aromatic N) is 3. The average molecular weight is 426 g/mol. The molecule has 0 radical (unpaired) electrons. The Morgan fingerprint density at radius 2 is 2.03 bits per heavy atom. The summed E-state index contributed by atoms with van der Waals surface area (Å²) < 4.78 is 4.94. The molecule has 3 aromatic rings. The molecule has 0 aliphatic carbocycles. The molecule has 3 heterocycles. The van der Waals surface area contributed by atoms with Gasteiger partial charge in [-0.3, -0.25) is 19.8 Å². The predicted octanol–water partition coefficient (Wildman–Crippen LogP) is 3.25. The Hall–Kier alpha value is -3.04. The smallest absolute Gasteiger partial charge is 0.279 e. The van der Waals surface area contributed by atoms with Crippen LogP contribution in [0.5, 0.6) is 0 Å². The lowest BCUT2D eigenvalue weighted by Gasteiger charge is -2.25. The molecule has 8 nitrogen and oxygen atoms in total. The number of amides is 2. The van der Waals surface area contributed by atoms with Crippen LogP contribution in [0.3, 0.4) is 0 Å². The van der Waals surface area contributed by atoms with E-state index < -0.39 is 0 Å². The van der Waals surface area contributed by atoms with Crippen LogP contribution < -0.4 is 10.6 Å². The molecule has 0 saturated heterocycles. The first-order chi connectivity index (χ1) is 14.5. The van der Waals surface area contributed by atoms with Crippen molar-refractivity contribution in [2.45, 2.75) is 33.2 Å². The highest BCUT2D eigenvalue weighted by Crippen LogP contribution is 2.28. The van der Waals surface area contributed by atoms with Crippen LogP contribution in [0.15, 0.2) is 34.9 Å². The van der Waals surface area contributed by atoms with Crippen molar-refractivity contribution < 1.29 is 14.1 Å². The minimum atomic E-state index is -0.344. The summed E-state index contributed by atoms with van der Waals surface area (Å²) in [6.07, 6.45) is 1.71. The van der Waals surface area contributed by atoms with Gasteiger partial charge in [-0.2, -0.15) is 0 Å². The number of hydrogen-bond acceptors (Lipinski definition) is 7. The first-order valence-electron chi connectivity index (χ1n) is 9.84. The fraction of sp³-hybridized carbons (Fsp3) is 0.333. The van der Waals surface area contributed by atoms with Crippen LogP contribution in [0, 0.1) is 6.92 Å². The van der Waals surface area contributed by atoms with E-state index in [4.69, 9.17) is 4.52 Å². The van der Waals surface area contributed by atoms with E-state index in [1.807, 2.05) is 24.3 Å². The minimum Gasteiger partial charge on any atom is -0.361 e. The molecule has 1 aliphatic rings. The van der Waals surface area contributed by atoms with Crippen LogP contribution in [0.4, 0.5) is 10.8 Å². The number of carbonyl (C=O) groups excluding carboxylic acids is 2. The lowest BCUT2D eigenvalue weighted by molar-refractivity contribution is -0.117. The molecule has 9 heteroatoms. The van der Waals surface area contributed by atoms with Gasteiger partial charge in [0.25, 0.3) is 5.91 Å². The lowest BCUT2D eigenvalue weighted by Crippen LogP contribution is -2.36. The van der Waals surface area contributed by atoms with E-state index >= 15 is 0 Å². The molecule has 2 amide bonds. The number of hydrogen-bond donors (Lipinski definition) is 2. The van der Waals surface area contributed by atoms with Gasteiger partial charge in [0.2, 0.25) is 5.91 Å². The molecule has 0 spiro atoms. The Labute approximate surface area is 178 Å². The largest absolute Gasteiger partial charge is 0.361 e. The molecule has 0 saturated carbocycles. The van der Waals surface area contributed by atoms with Crippen molar-refractivity contribution in [2.75, 3.05) is 23.7 Å². The lowest BCUT2D eigenvalue weighted by atomic mass is 10.1. The van der Waals surface area contributed by atoms with Crippen molar-refractivity contribution >= 4 is 34.0 Å². The molecule has 1 aliphatic heterocycles. The van der Waals surface area contributed by atoms with E-state index in [0.29, 0.717) is 24.0 Å². The molecule has 2 N–H and O–H groups in total. The van der Waals surface area contributed by atoms with Crippen LogP contribution in [-0.4, -0.2) is 39.9 Å². The predicted molar refractivity (Wildman–Crippen MR) is 115 cm³/mol. The van der Waals surface area contributed by atoms with E-state index in [1.54, 1.807) is 13.0 Å². The Bertz CT molecular complexity index is 1060. The highest BCUT2D eigenvalue weighted by Gasteiger charge is 2.23. The van der Waals surface area contributed by atoms with Gasteiger partial charge in [-0.15, -0.1) is 11.3 Å². The van der Waals surface area contributed by atoms with Crippen LogP contribution in [-0.2, 0) is 24.2 Å². The summed E-state index contributed by atoms with van der Waals surface area (Å²) in [7, 11) is 0. The molecule has 0 unspecified atom stereocenters. The van der Waals surface area contributed by atoms with E-state index in [2.05, 4.69) is 32.6 Å². The first kappa shape index (κ1) is 20.2. The Morgan fingerprint density at radius 1 is 1.23 bits per heavy atom. The van der Waals surface area contributed by atoms with E-state index in [-0.39, 0.29) is 17.5 Å². The summed E-state index contributed by atoms with van der Waals surface area (Å²) in [5.41, 5.74) is 3.24. The highest BCUT2D eigenvalue weighted by molar-refractivity contribution is 7.15. The summed E-state index contributed by atoms with van der Waals surface area (Å²) >= 11 is 1.43. The zero-order chi connectivity index (χ0) is 21.1. The third kappa shape index (κ3) is 4.74. The van der Waals surface area contributed by atoms with Gasteiger partial charge in [-0.25, -0.2) is 4.98 Å². The summed E-state index contributed by atoms with van der Waals surface area (Å²) in [5, 5.41) is 9.98. The maximum absolute atomic E-state index is 12.4. The van der Waals surface area contributed by atoms with Crippen LogP contribution >= 0.6 is 11.3 Å². The summed E-state index contributed by atoms with van der Waals surface area (Å²) in [4.78, 5) is 32.3. The number of carbonyl (C=O) groups is 2. The second kappa shape index (κ2) is 8.76. The molecule has 2 aromatic heterocycles. The van der Waals surface area contributed by atoms with Crippen LogP contribution in [0.1, 0.15) is 39.3 Å². The van der Waals surface area contributed by atoms with Crippen molar-refractivity contribution in [3.05, 3.63) is 57.9 Å². The second-order valence-corrected chi connectivity index (χ2v) is 8.31. The quantitative estimate of drug-likeness (QED) is 0.629. The molecule has 0 fully saturated rings. The number of aromatic nitrogens is 2. The second-order valence-electron chi connectivity index (χ2n) is 7.23. The number of thiazole rings is 1. The van der Waals surface area contributed by atoms with Crippen molar-refractivity contribution in [1.29, 1.82) is 0 Å². The van der Waals surface area contributed by atoms with Gasteiger partial charge in [0.15, 0.2) is 10.8 Å². The Kier molecular flexibility index (Phi) is 5.91. The molecule has 30 heavy (non-hydrogen) atoms. The topological polar surface area (TPSA) is 100 Å². The van der Waals surface area contributed by atoms with Gasteiger partial charge in [-0.05, 0) is 31.0 Å². The van der Waals surface area contributed by atoms with E-state index in [1.165, 1.54) is 16.9 Å². The van der Waals surface area contributed by atoms with E-state index in [0.717, 1.165) is 35.6 Å². The zero-order valence-electron chi connectivity index (χ0n) is 16.9. The third-order valence-electron chi connectivity index (χ3n) is 4.90. The first-order valence-corrected chi connectivity index (χ1v) is 10.7.